The number of hydrogen-bond donors (Lipinski definition) is 3. The lowest BCUT2D eigenvalue weighted by Gasteiger charge is -2.14. The minimum absolute atomic E-state index is 0.446. The SMILES string of the molecule is NC(=O)c1cccc(CN2C[C@@H](O)[C@@H](O)C2)c1. The van der Waals surface area contributed by atoms with Gasteiger partial charge in [0.1, 0.15) is 0 Å². The maximum absolute atomic E-state index is 11.0. The van der Waals surface area contributed by atoms with Gasteiger partial charge in [0.25, 0.3) is 0 Å². The van der Waals surface area contributed by atoms with Crippen LogP contribution < -0.4 is 5.73 Å². The lowest BCUT2D eigenvalue weighted by atomic mass is 10.1. The largest absolute Gasteiger partial charge is 0.389 e. The number of carbonyl (C=O) groups excluding carboxylic acids is 1. The molecule has 1 heterocycles. The van der Waals surface area contributed by atoms with Crippen LogP contribution in [-0.2, 0) is 6.54 Å². The molecule has 4 N–H and O–H groups in total. The maximum atomic E-state index is 11.0. The average molecular weight is 236 g/mol. The fourth-order valence-electron chi connectivity index (χ4n) is 2.06. The van der Waals surface area contributed by atoms with Crippen LogP contribution in [0.3, 0.4) is 0 Å². The van der Waals surface area contributed by atoms with E-state index in [0.29, 0.717) is 25.2 Å². The number of hydrogen-bond acceptors (Lipinski definition) is 4. The molecule has 92 valence electrons. The summed E-state index contributed by atoms with van der Waals surface area (Å²) in [7, 11) is 0. The van der Waals surface area contributed by atoms with E-state index in [2.05, 4.69) is 0 Å². The molecule has 1 saturated heterocycles. The lowest BCUT2D eigenvalue weighted by Crippen LogP contribution is -2.22. The van der Waals surface area contributed by atoms with Gasteiger partial charge in [-0.1, -0.05) is 12.1 Å². The van der Waals surface area contributed by atoms with Gasteiger partial charge in [0.15, 0.2) is 0 Å². The molecule has 0 spiro atoms. The molecule has 1 amide bonds. The topological polar surface area (TPSA) is 86.8 Å². The highest BCUT2D eigenvalue weighted by Gasteiger charge is 2.29. The normalized spacial score (nSPS) is 25.1. The fourth-order valence-corrected chi connectivity index (χ4v) is 2.06. The third-order valence-corrected chi connectivity index (χ3v) is 2.95. The summed E-state index contributed by atoms with van der Waals surface area (Å²) in [4.78, 5) is 13.0. The summed E-state index contributed by atoms with van der Waals surface area (Å²) >= 11 is 0. The third-order valence-electron chi connectivity index (χ3n) is 2.95. The third kappa shape index (κ3) is 2.82. The van der Waals surface area contributed by atoms with Crippen LogP contribution in [0.4, 0.5) is 0 Å². The van der Waals surface area contributed by atoms with Gasteiger partial charge in [-0.05, 0) is 17.7 Å². The molecule has 1 aliphatic heterocycles. The number of nitrogens with zero attached hydrogens (tertiary/aromatic N) is 1. The number of carbonyl (C=O) groups is 1. The van der Waals surface area contributed by atoms with Gasteiger partial charge in [0.05, 0.1) is 12.2 Å². The number of likely N-dealkylation sites (tertiary alicyclic amines) is 1. The first-order chi connectivity index (χ1) is 8.06. The maximum Gasteiger partial charge on any atom is 0.248 e. The van der Waals surface area contributed by atoms with Gasteiger partial charge in [0.2, 0.25) is 5.91 Å². The van der Waals surface area contributed by atoms with Gasteiger partial charge in [-0.25, -0.2) is 0 Å². The summed E-state index contributed by atoms with van der Waals surface area (Å²) in [6.07, 6.45) is -1.37. The van der Waals surface area contributed by atoms with Crippen molar-refractivity contribution in [2.75, 3.05) is 13.1 Å². The van der Waals surface area contributed by atoms with E-state index in [1.54, 1.807) is 18.2 Å². The van der Waals surface area contributed by atoms with Crippen molar-refractivity contribution < 1.29 is 15.0 Å². The number of β-amino-alcohol motifs (C(OH)–C–C–N with tert-alkyl or cyclic N) is 2. The molecule has 0 radical (unpaired) electrons. The number of nitrogens with two attached hydrogens (primary N) is 1. The van der Waals surface area contributed by atoms with Crippen LogP contribution in [0.2, 0.25) is 0 Å². The van der Waals surface area contributed by atoms with Crippen molar-refractivity contribution in [3.63, 3.8) is 0 Å². The zero-order valence-electron chi connectivity index (χ0n) is 9.41. The molecule has 1 fully saturated rings. The predicted molar refractivity (Wildman–Crippen MR) is 62.3 cm³/mol. The number of benzene rings is 1. The van der Waals surface area contributed by atoms with Crippen LogP contribution in [-0.4, -0.2) is 46.3 Å². The van der Waals surface area contributed by atoms with Crippen LogP contribution in [0.15, 0.2) is 24.3 Å². The number of rotatable bonds is 3. The first-order valence-corrected chi connectivity index (χ1v) is 5.53. The molecule has 1 aromatic rings. The predicted octanol–water partition coefficient (Wildman–Crippen LogP) is -0.677. The summed E-state index contributed by atoms with van der Waals surface area (Å²) in [6, 6.07) is 7.07. The molecule has 1 aliphatic rings. The van der Waals surface area contributed by atoms with Crippen LogP contribution in [0.1, 0.15) is 15.9 Å². The second-order valence-electron chi connectivity index (χ2n) is 4.39. The van der Waals surface area contributed by atoms with Gasteiger partial charge in [-0.15, -0.1) is 0 Å². The Hall–Kier alpha value is -1.43. The molecule has 0 unspecified atom stereocenters. The summed E-state index contributed by atoms with van der Waals surface area (Å²) in [5.41, 5.74) is 6.62. The van der Waals surface area contributed by atoms with Gasteiger partial charge in [-0.2, -0.15) is 0 Å². The molecule has 0 aromatic heterocycles. The summed E-state index contributed by atoms with van der Waals surface area (Å²) < 4.78 is 0. The summed E-state index contributed by atoms with van der Waals surface area (Å²) in [5.74, 6) is -0.451. The summed E-state index contributed by atoms with van der Waals surface area (Å²) in [6.45, 7) is 1.49. The Bertz CT molecular complexity index is 412. The standard InChI is InChI=1S/C12H16N2O3/c13-12(17)9-3-1-2-8(4-9)5-14-6-10(15)11(16)7-14/h1-4,10-11,15-16H,5-7H2,(H2,13,17)/t10-,11+. The second-order valence-corrected chi connectivity index (χ2v) is 4.39. The number of primary amides is 1. The molecule has 0 aliphatic carbocycles. The van der Waals surface area contributed by atoms with Gasteiger partial charge < -0.3 is 15.9 Å². The quantitative estimate of drug-likeness (QED) is 0.649. The highest BCUT2D eigenvalue weighted by molar-refractivity contribution is 5.92. The molecule has 0 saturated carbocycles. The van der Waals surface area contributed by atoms with Crippen molar-refractivity contribution in [2.24, 2.45) is 5.73 Å². The van der Waals surface area contributed by atoms with E-state index in [4.69, 9.17) is 5.73 Å². The van der Waals surface area contributed by atoms with Crippen molar-refractivity contribution in [3.8, 4) is 0 Å². The van der Waals surface area contributed by atoms with Crippen LogP contribution >= 0.6 is 0 Å². The average Bonchev–Trinajstić information content (AvgIpc) is 2.58. The zero-order valence-corrected chi connectivity index (χ0v) is 9.41. The zero-order chi connectivity index (χ0) is 12.4. The Labute approximate surface area is 99.5 Å². The minimum atomic E-state index is -0.686. The molecular weight excluding hydrogens is 220 g/mol. The lowest BCUT2D eigenvalue weighted by molar-refractivity contribution is 0.0572. The first-order valence-electron chi connectivity index (χ1n) is 5.53. The molecule has 2 atom stereocenters. The van der Waals surface area contributed by atoms with E-state index in [0.717, 1.165) is 5.56 Å². The van der Waals surface area contributed by atoms with Gasteiger partial charge in [0, 0.05) is 25.2 Å². The van der Waals surface area contributed by atoms with Crippen molar-refractivity contribution in [2.45, 2.75) is 18.8 Å². The monoisotopic (exact) mass is 236 g/mol. The second kappa shape index (κ2) is 4.83. The molecule has 2 rings (SSSR count). The number of amides is 1. The van der Waals surface area contributed by atoms with E-state index in [1.807, 2.05) is 11.0 Å². The Morgan fingerprint density at radius 3 is 2.59 bits per heavy atom. The van der Waals surface area contributed by atoms with Crippen molar-refractivity contribution in [1.29, 1.82) is 0 Å². The van der Waals surface area contributed by atoms with E-state index in [-0.39, 0.29) is 0 Å². The highest BCUT2D eigenvalue weighted by atomic mass is 16.3. The van der Waals surface area contributed by atoms with E-state index in [1.165, 1.54) is 0 Å². The van der Waals surface area contributed by atoms with Crippen LogP contribution in [0.25, 0.3) is 0 Å². The molecule has 5 heteroatoms. The highest BCUT2D eigenvalue weighted by Crippen LogP contribution is 2.14. The smallest absolute Gasteiger partial charge is 0.248 e. The Balaban J connectivity index is 2.04. The molecular formula is C12H16N2O3. The summed E-state index contributed by atoms with van der Waals surface area (Å²) in [5, 5.41) is 18.8. The Morgan fingerprint density at radius 1 is 1.35 bits per heavy atom. The van der Waals surface area contributed by atoms with Crippen molar-refractivity contribution in [1.82, 2.24) is 4.90 Å². The van der Waals surface area contributed by atoms with E-state index < -0.39 is 18.1 Å². The van der Waals surface area contributed by atoms with Crippen LogP contribution in [0, 0.1) is 0 Å². The van der Waals surface area contributed by atoms with Crippen molar-refractivity contribution in [3.05, 3.63) is 35.4 Å². The van der Waals surface area contributed by atoms with Gasteiger partial charge >= 0.3 is 0 Å². The van der Waals surface area contributed by atoms with Gasteiger partial charge in [-0.3, -0.25) is 9.69 Å². The van der Waals surface area contributed by atoms with Crippen LogP contribution in [0.5, 0.6) is 0 Å². The first kappa shape index (κ1) is 12.0. The molecule has 1 aromatic carbocycles. The molecule has 17 heavy (non-hydrogen) atoms. The van der Waals surface area contributed by atoms with E-state index in [9.17, 15) is 15.0 Å². The van der Waals surface area contributed by atoms with E-state index >= 15 is 0 Å². The molecule has 0 bridgehead atoms. The minimum Gasteiger partial charge on any atom is -0.389 e. The Kier molecular flexibility index (Phi) is 3.42. The molecule has 5 nitrogen and oxygen atoms in total. The number of aliphatic hydroxyl groups excluding tert-OH is 2. The number of aliphatic hydroxyl groups is 2. The fraction of sp³-hybridized carbons (Fsp3) is 0.417. The Morgan fingerprint density at radius 2 is 2.00 bits per heavy atom. The van der Waals surface area contributed by atoms with Crippen molar-refractivity contribution >= 4 is 5.91 Å².